The number of hydrogen-bond acceptors (Lipinski definition) is 3. The average molecular weight is 281 g/mol. The monoisotopic (exact) mass is 280 g/mol. The van der Waals surface area contributed by atoms with E-state index in [0.29, 0.717) is 17.7 Å². The minimum absolute atomic E-state index is 0.0519. The topological polar surface area (TPSA) is 35.0 Å². The summed E-state index contributed by atoms with van der Waals surface area (Å²) in [7, 11) is 0. The van der Waals surface area contributed by atoms with E-state index in [9.17, 15) is 0 Å². The van der Waals surface area contributed by atoms with Crippen molar-refractivity contribution in [2.75, 3.05) is 6.61 Å². The summed E-state index contributed by atoms with van der Waals surface area (Å²) in [6.45, 7) is 2.74. The van der Waals surface area contributed by atoms with E-state index in [1.807, 2.05) is 6.92 Å². The van der Waals surface area contributed by atoms with Gasteiger partial charge in [-0.3, -0.25) is 0 Å². The highest BCUT2D eigenvalue weighted by Gasteiger charge is 2.35. The molecule has 0 bridgehead atoms. The number of ether oxygens (including phenoxy) is 1. The van der Waals surface area contributed by atoms with Gasteiger partial charge in [0.05, 0.1) is 0 Å². The van der Waals surface area contributed by atoms with Crippen molar-refractivity contribution >= 4 is 11.6 Å². The number of aryl methyl sites for hydroxylation is 1. The van der Waals surface area contributed by atoms with Crippen LogP contribution in [0.5, 0.6) is 0 Å². The van der Waals surface area contributed by atoms with Crippen molar-refractivity contribution in [2.45, 2.75) is 58.0 Å². The maximum atomic E-state index is 6.38. The van der Waals surface area contributed by atoms with Crippen LogP contribution in [0, 0.1) is 5.92 Å². The molecule has 1 aromatic rings. The van der Waals surface area contributed by atoms with Crippen LogP contribution in [0.1, 0.15) is 62.2 Å². The molecular formula is C15H21ClN2O. The minimum atomic E-state index is 0.0519. The molecule has 0 saturated heterocycles. The minimum Gasteiger partial charge on any atom is -0.370 e. The fourth-order valence-electron chi connectivity index (χ4n) is 2.87. The molecule has 1 heterocycles. The maximum absolute atomic E-state index is 6.38. The molecule has 104 valence electrons. The Hall–Kier alpha value is -0.670. The van der Waals surface area contributed by atoms with Crippen LogP contribution >= 0.6 is 11.6 Å². The number of halogens is 1. The molecule has 0 amide bonds. The molecule has 0 aliphatic heterocycles. The van der Waals surface area contributed by atoms with E-state index in [2.05, 4.69) is 4.98 Å². The first-order valence-corrected chi connectivity index (χ1v) is 7.84. The van der Waals surface area contributed by atoms with Gasteiger partial charge < -0.3 is 4.74 Å². The molecule has 1 fully saturated rings. The summed E-state index contributed by atoms with van der Waals surface area (Å²) in [5, 5.41) is 0.659. The first kappa shape index (κ1) is 13.3. The molecule has 1 aromatic heterocycles. The van der Waals surface area contributed by atoms with Crippen molar-refractivity contribution in [3.05, 3.63) is 22.2 Å². The third-order valence-electron chi connectivity index (χ3n) is 4.05. The van der Waals surface area contributed by atoms with Crippen molar-refractivity contribution < 1.29 is 4.74 Å². The molecule has 1 atom stereocenters. The van der Waals surface area contributed by atoms with Crippen LogP contribution in [0.4, 0.5) is 0 Å². The van der Waals surface area contributed by atoms with Crippen LogP contribution < -0.4 is 0 Å². The van der Waals surface area contributed by atoms with Gasteiger partial charge in [0.1, 0.15) is 11.3 Å². The highest BCUT2D eigenvalue weighted by molar-refractivity contribution is 6.30. The molecule has 0 aromatic carbocycles. The summed E-state index contributed by atoms with van der Waals surface area (Å²) in [5.41, 5.74) is 2.34. The lowest BCUT2D eigenvalue weighted by atomic mass is 10.1. The lowest BCUT2D eigenvalue weighted by Crippen LogP contribution is -2.14. The molecule has 2 aliphatic rings. The summed E-state index contributed by atoms with van der Waals surface area (Å²) in [5.74, 6) is 1.41. The van der Waals surface area contributed by atoms with Gasteiger partial charge in [-0.15, -0.1) is 0 Å². The fraction of sp³-hybridized carbons (Fsp3) is 0.733. The van der Waals surface area contributed by atoms with Crippen molar-refractivity contribution in [1.82, 2.24) is 9.97 Å². The summed E-state index contributed by atoms with van der Waals surface area (Å²) < 4.78 is 5.85. The molecule has 3 rings (SSSR count). The van der Waals surface area contributed by atoms with Gasteiger partial charge in [-0.1, -0.05) is 18.0 Å². The maximum Gasteiger partial charge on any atom is 0.159 e. The van der Waals surface area contributed by atoms with E-state index in [4.69, 9.17) is 21.3 Å². The molecule has 1 saturated carbocycles. The number of rotatable bonds is 4. The first-order valence-electron chi connectivity index (χ1n) is 7.46. The summed E-state index contributed by atoms with van der Waals surface area (Å²) in [4.78, 5) is 9.33. The molecular weight excluding hydrogens is 260 g/mol. The number of fused-ring (bicyclic) bond motifs is 1. The first-order chi connectivity index (χ1) is 9.29. The lowest BCUT2D eigenvalue weighted by Gasteiger charge is -2.17. The van der Waals surface area contributed by atoms with Crippen LogP contribution in [-0.4, -0.2) is 16.6 Å². The van der Waals surface area contributed by atoms with Crippen LogP contribution in [0.25, 0.3) is 0 Å². The Morgan fingerprint density at radius 1 is 1.21 bits per heavy atom. The van der Waals surface area contributed by atoms with E-state index in [1.54, 1.807) is 0 Å². The van der Waals surface area contributed by atoms with E-state index in [1.165, 1.54) is 37.7 Å². The Balaban J connectivity index is 1.93. The van der Waals surface area contributed by atoms with Crippen LogP contribution in [0.15, 0.2) is 0 Å². The van der Waals surface area contributed by atoms with Gasteiger partial charge in [-0.25, -0.2) is 9.97 Å². The Labute approximate surface area is 119 Å². The fourth-order valence-corrected chi connectivity index (χ4v) is 3.16. The summed E-state index contributed by atoms with van der Waals surface area (Å²) in [6.07, 6.45) is 8.24. The molecule has 1 unspecified atom stereocenters. The van der Waals surface area contributed by atoms with Gasteiger partial charge in [-0.2, -0.15) is 0 Å². The average Bonchev–Trinajstić information content (AvgIpc) is 3.22. The van der Waals surface area contributed by atoms with Crippen LogP contribution in [0.2, 0.25) is 5.15 Å². The standard InChI is InChI=1S/C15H21ClN2O/c1-2-19-13(10-8-9-10)15-17-12-7-5-3-4-6-11(12)14(16)18-15/h10,13H,2-9H2,1H3. The molecule has 19 heavy (non-hydrogen) atoms. The second-order valence-electron chi connectivity index (χ2n) is 5.57. The highest BCUT2D eigenvalue weighted by Crippen LogP contribution is 2.42. The zero-order valence-electron chi connectivity index (χ0n) is 11.5. The molecule has 0 radical (unpaired) electrons. The lowest BCUT2D eigenvalue weighted by molar-refractivity contribution is 0.0398. The largest absolute Gasteiger partial charge is 0.370 e. The van der Waals surface area contributed by atoms with Gasteiger partial charge in [0.2, 0.25) is 0 Å². The van der Waals surface area contributed by atoms with E-state index >= 15 is 0 Å². The molecule has 3 nitrogen and oxygen atoms in total. The SMILES string of the molecule is CCOC(c1nc(Cl)c2c(n1)CCCCC2)C1CC1. The predicted octanol–water partition coefficient (Wildman–Crippen LogP) is 3.89. The highest BCUT2D eigenvalue weighted by atomic mass is 35.5. The van der Waals surface area contributed by atoms with Gasteiger partial charge in [-0.05, 0) is 51.4 Å². The Kier molecular flexibility index (Phi) is 4.04. The third kappa shape index (κ3) is 2.92. The van der Waals surface area contributed by atoms with Crippen LogP contribution in [-0.2, 0) is 17.6 Å². The van der Waals surface area contributed by atoms with E-state index in [-0.39, 0.29) is 6.10 Å². The number of aromatic nitrogens is 2. The molecule has 2 aliphatic carbocycles. The van der Waals surface area contributed by atoms with Gasteiger partial charge >= 0.3 is 0 Å². The molecule has 0 N–H and O–H groups in total. The van der Waals surface area contributed by atoms with E-state index < -0.39 is 0 Å². The predicted molar refractivity (Wildman–Crippen MR) is 75.4 cm³/mol. The smallest absolute Gasteiger partial charge is 0.159 e. The zero-order chi connectivity index (χ0) is 13.2. The van der Waals surface area contributed by atoms with Crippen molar-refractivity contribution in [3.8, 4) is 0 Å². The third-order valence-corrected chi connectivity index (χ3v) is 4.36. The van der Waals surface area contributed by atoms with Crippen molar-refractivity contribution in [1.29, 1.82) is 0 Å². The van der Waals surface area contributed by atoms with Crippen LogP contribution in [0.3, 0.4) is 0 Å². The van der Waals surface area contributed by atoms with Gasteiger partial charge in [0.25, 0.3) is 0 Å². The summed E-state index contributed by atoms with van der Waals surface area (Å²) >= 11 is 6.38. The van der Waals surface area contributed by atoms with Crippen molar-refractivity contribution in [2.24, 2.45) is 5.92 Å². The van der Waals surface area contributed by atoms with Gasteiger partial charge in [0.15, 0.2) is 5.82 Å². The van der Waals surface area contributed by atoms with E-state index in [0.717, 1.165) is 24.4 Å². The second kappa shape index (κ2) is 5.76. The zero-order valence-corrected chi connectivity index (χ0v) is 12.2. The normalized spacial score (nSPS) is 20.7. The van der Waals surface area contributed by atoms with Gasteiger partial charge in [0, 0.05) is 17.9 Å². The number of hydrogen-bond donors (Lipinski definition) is 0. The Morgan fingerprint density at radius 2 is 2.00 bits per heavy atom. The summed E-state index contributed by atoms with van der Waals surface area (Å²) in [6, 6.07) is 0. The Bertz CT molecular complexity index is 460. The second-order valence-corrected chi connectivity index (χ2v) is 5.93. The Morgan fingerprint density at radius 3 is 2.74 bits per heavy atom. The molecule has 0 spiro atoms. The molecule has 4 heteroatoms. The van der Waals surface area contributed by atoms with Crippen molar-refractivity contribution in [3.63, 3.8) is 0 Å². The number of nitrogens with zero attached hydrogens (tertiary/aromatic N) is 2. The quantitative estimate of drug-likeness (QED) is 0.620.